The third-order valence-corrected chi connectivity index (χ3v) is 8.83. The number of anilines is 2. The summed E-state index contributed by atoms with van der Waals surface area (Å²) in [7, 11) is 0. The van der Waals surface area contributed by atoms with Gasteiger partial charge in [0.05, 0.1) is 21.7 Å². The Hall–Kier alpha value is -5.79. The number of carbonyl (C=O) groups is 3. The number of rotatable bonds is 9. The van der Waals surface area contributed by atoms with Crippen molar-refractivity contribution in [2.24, 2.45) is 0 Å². The molecule has 6 aromatic carbocycles. The normalized spacial score (nSPS) is 11.1. The van der Waals surface area contributed by atoms with Gasteiger partial charge in [-0.25, -0.2) is 9.59 Å². The van der Waals surface area contributed by atoms with Crippen LogP contribution in [-0.4, -0.2) is 23.0 Å². The van der Waals surface area contributed by atoms with Gasteiger partial charge < -0.3 is 25.2 Å². The fourth-order valence-electron chi connectivity index (χ4n) is 4.91. The Balaban J connectivity index is 0.980. The van der Waals surface area contributed by atoms with Crippen molar-refractivity contribution >= 4 is 75.6 Å². The Bertz CT molecular complexity index is 2390. The Morgan fingerprint density at radius 3 is 1.50 bits per heavy atom. The van der Waals surface area contributed by atoms with E-state index in [4.69, 9.17) is 55.9 Å². The highest BCUT2D eigenvalue weighted by atomic mass is 35.5. The van der Waals surface area contributed by atoms with E-state index >= 15 is 0 Å². The topological polar surface area (TPSA) is 114 Å². The number of halogens is 4. The number of aliphatic hydroxyl groups excluding tert-OH is 1. The van der Waals surface area contributed by atoms with E-state index in [0.29, 0.717) is 65.8 Å². The summed E-state index contributed by atoms with van der Waals surface area (Å²) < 4.78 is 11.0. The number of ether oxygens (including phenoxy) is 2. The summed E-state index contributed by atoms with van der Waals surface area (Å²) in [5, 5.41) is 17.6. The first-order chi connectivity index (χ1) is 26.0. The predicted octanol–water partition coefficient (Wildman–Crippen LogP) is 10.5. The van der Waals surface area contributed by atoms with Crippen LogP contribution < -0.4 is 20.1 Å². The molecular formula is C42H26Cl4N2O6. The molecule has 6 aromatic rings. The minimum absolute atomic E-state index is 0.229. The number of esters is 2. The van der Waals surface area contributed by atoms with Crippen LogP contribution in [0.25, 0.3) is 0 Å². The smallest absolute Gasteiger partial charge is 0.343 e. The molecule has 0 bridgehead atoms. The number of carbonyl (C=O) groups excluding carboxylic acids is 3. The van der Waals surface area contributed by atoms with Crippen LogP contribution in [0.2, 0.25) is 20.1 Å². The Morgan fingerprint density at radius 1 is 0.556 bits per heavy atom. The molecule has 0 radical (unpaired) electrons. The number of hydrogen-bond donors (Lipinski definition) is 3. The first kappa shape index (κ1) is 38.0. The molecule has 268 valence electrons. The molecule has 0 heterocycles. The van der Waals surface area contributed by atoms with Crippen LogP contribution in [0.5, 0.6) is 11.5 Å². The van der Waals surface area contributed by atoms with Gasteiger partial charge in [-0.1, -0.05) is 64.3 Å². The Labute approximate surface area is 330 Å². The molecule has 1 amide bonds. The zero-order chi connectivity index (χ0) is 38.2. The molecule has 0 saturated heterocycles. The van der Waals surface area contributed by atoms with E-state index in [-0.39, 0.29) is 10.6 Å². The molecule has 6 rings (SSSR count). The molecule has 54 heavy (non-hydrogen) atoms. The van der Waals surface area contributed by atoms with Gasteiger partial charge in [0.1, 0.15) is 11.5 Å². The fraction of sp³-hybridized carbons (Fsp3) is 0.0238. The highest BCUT2D eigenvalue weighted by Gasteiger charge is 2.15. The summed E-state index contributed by atoms with van der Waals surface area (Å²) in [6.07, 6.45) is -1.07. The maximum absolute atomic E-state index is 12.7. The highest BCUT2D eigenvalue weighted by molar-refractivity contribution is 6.37. The first-order valence-electron chi connectivity index (χ1n) is 16.0. The van der Waals surface area contributed by atoms with E-state index in [1.165, 1.54) is 12.1 Å². The molecule has 8 nitrogen and oxygen atoms in total. The molecular weight excluding hydrogens is 770 g/mol. The summed E-state index contributed by atoms with van der Waals surface area (Å²) in [6, 6.07) is 35.5. The average molecular weight is 796 g/mol. The van der Waals surface area contributed by atoms with Crippen LogP contribution >= 0.6 is 46.4 Å². The van der Waals surface area contributed by atoms with Gasteiger partial charge in [-0.05, 0) is 127 Å². The summed E-state index contributed by atoms with van der Waals surface area (Å²) in [5.41, 5.74) is 3.80. The van der Waals surface area contributed by atoms with Crippen molar-refractivity contribution < 1.29 is 29.0 Å². The monoisotopic (exact) mass is 794 g/mol. The van der Waals surface area contributed by atoms with Crippen LogP contribution in [-0.2, 0) is 0 Å². The van der Waals surface area contributed by atoms with Gasteiger partial charge in [0, 0.05) is 43.1 Å². The number of benzene rings is 6. The van der Waals surface area contributed by atoms with Crippen molar-refractivity contribution in [3.63, 3.8) is 0 Å². The van der Waals surface area contributed by atoms with Gasteiger partial charge in [-0.3, -0.25) is 4.79 Å². The first-order valence-corrected chi connectivity index (χ1v) is 17.5. The molecule has 0 aliphatic heterocycles. The minimum atomic E-state index is -1.07. The lowest BCUT2D eigenvalue weighted by molar-refractivity contribution is 0.0725. The molecule has 0 spiro atoms. The molecule has 0 aliphatic rings. The Kier molecular flexibility index (Phi) is 12.2. The lowest BCUT2D eigenvalue weighted by atomic mass is 10.1. The molecule has 0 aromatic heterocycles. The van der Waals surface area contributed by atoms with E-state index < -0.39 is 24.1 Å². The molecule has 3 N–H and O–H groups in total. The Morgan fingerprint density at radius 2 is 1.02 bits per heavy atom. The van der Waals surface area contributed by atoms with Gasteiger partial charge in [0.15, 0.2) is 6.23 Å². The largest absolute Gasteiger partial charge is 0.423 e. The second kappa shape index (κ2) is 17.4. The third kappa shape index (κ3) is 10.00. The van der Waals surface area contributed by atoms with Gasteiger partial charge in [0.2, 0.25) is 0 Å². The SMILES string of the molecule is O=C(Oc1ccc(NC(=O)c2ccc(Cl)cc2Cl)cc1)c1ccc(C#Cc2ccc(C(=O)Oc3ccc(NC(O)c4ccc(Cl)cc4Cl)cc3)cc2)cc1. The highest BCUT2D eigenvalue weighted by Crippen LogP contribution is 2.28. The van der Waals surface area contributed by atoms with Crippen LogP contribution in [0.15, 0.2) is 133 Å². The summed E-state index contributed by atoms with van der Waals surface area (Å²) in [4.78, 5) is 38.0. The fourth-order valence-corrected chi connectivity index (χ4v) is 5.92. The van der Waals surface area contributed by atoms with Crippen molar-refractivity contribution in [2.75, 3.05) is 10.6 Å². The maximum Gasteiger partial charge on any atom is 0.343 e. The third-order valence-electron chi connectivity index (χ3n) is 7.72. The van der Waals surface area contributed by atoms with E-state index in [2.05, 4.69) is 22.5 Å². The van der Waals surface area contributed by atoms with Crippen LogP contribution in [0.4, 0.5) is 11.4 Å². The van der Waals surface area contributed by atoms with Crippen molar-refractivity contribution in [1.29, 1.82) is 0 Å². The second-order valence-electron chi connectivity index (χ2n) is 11.5. The summed E-state index contributed by atoms with van der Waals surface area (Å²) in [5.74, 6) is 5.17. The van der Waals surface area contributed by atoms with E-state index in [1.807, 2.05) is 0 Å². The standard InChI is InChI=1S/C42H26Cl4N2O6/c43-29-11-21-35(37(45)23-29)39(49)47-31-13-17-33(18-14-31)53-41(51)27-7-3-25(4-8-27)1-2-26-5-9-28(10-6-26)42(52)54-34-19-15-32(16-20-34)48-40(50)36-22-12-30(44)24-38(36)46/h3-24,39,47,49H,(H,48,50). The van der Waals surface area contributed by atoms with E-state index in [1.54, 1.807) is 121 Å². The van der Waals surface area contributed by atoms with Gasteiger partial charge in [-0.15, -0.1) is 0 Å². The zero-order valence-corrected chi connectivity index (χ0v) is 30.8. The quantitative estimate of drug-likeness (QED) is 0.0578. The van der Waals surface area contributed by atoms with Crippen LogP contribution in [0, 0.1) is 11.8 Å². The molecule has 12 heteroatoms. The second-order valence-corrected chi connectivity index (χ2v) is 13.2. The van der Waals surface area contributed by atoms with Gasteiger partial charge in [0.25, 0.3) is 5.91 Å². The van der Waals surface area contributed by atoms with Crippen LogP contribution in [0.3, 0.4) is 0 Å². The predicted molar refractivity (Wildman–Crippen MR) is 211 cm³/mol. The van der Waals surface area contributed by atoms with Crippen molar-refractivity contribution in [1.82, 2.24) is 0 Å². The number of amides is 1. The molecule has 0 aliphatic carbocycles. The molecule has 1 atom stereocenters. The minimum Gasteiger partial charge on any atom is -0.423 e. The lowest BCUT2D eigenvalue weighted by Gasteiger charge is -2.16. The van der Waals surface area contributed by atoms with Crippen molar-refractivity contribution in [3.8, 4) is 23.3 Å². The maximum atomic E-state index is 12.7. The average Bonchev–Trinajstić information content (AvgIpc) is 3.16. The van der Waals surface area contributed by atoms with E-state index in [0.717, 1.165) is 0 Å². The number of hydrogen-bond acceptors (Lipinski definition) is 7. The van der Waals surface area contributed by atoms with E-state index in [9.17, 15) is 19.5 Å². The van der Waals surface area contributed by atoms with Crippen LogP contribution in [0.1, 0.15) is 54.0 Å². The molecule has 1 unspecified atom stereocenters. The number of aliphatic hydroxyl groups is 1. The summed E-state index contributed by atoms with van der Waals surface area (Å²) >= 11 is 24.1. The van der Waals surface area contributed by atoms with Gasteiger partial charge in [-0.2, -0.15) is 0 Å². The van der Waals surface area contributed by atoms with Crippen molar-refractivity contribution in [2.45, 2.75) is 6.23 Å². The molecule has 0 saturated carbocycles. The zero-order valence-electron chi connectivity index (χ0n) is 27.8. The molecule has 0 fully saturated rings. The lowest BCUT2D eigenvalue weighted by Crippen LogP contribution is -2.12. The number of nitrogens with one attached hydrogen (secondary N) is 2. The van der Waals surface area contributed by atoms with Gasteiger partial charge >= 0.3 is 11.9 Å². The summed E-state index contributed by atoms with van der Waals surface area (Å²) in [6.45, 7) is 0. The van der Waals surface area contributed by atoms with Crippen molar-refractivity contribution in [3.05, 3.63) is 187 Å².